The molecular formula is C23H24N4O2S. The predicted molar refractivity (Wildman–Crippen MR) is 120 cm³/mol. The minimum atomic E-state index is -0.293. The fourth-order valence-electron chi connectivity index (χ4n) is 4.75. The van der Waals surface area contributed by atoms with E-state index in [0.29, 0.717) is 5.39 Å². The maximum atomic E-state index is 13.4. The van der Waals surface area contributed by atoms with Gasteiger partial charge in [0.05, 0.1) is 28.2 Å². The molecule has 30 heavy (non-hydrogen) atoms. The van der Waals surface area contributed by atoms with E-state index in [1.807, 2.05) is 37.3 Å². The van der Waals surface area contributed by atoms with Gasteiger partial charge in [-0.2, -0.15) is 0 Å². The number of aromatic nitrogens is 4. The molecule has 0 N–H and O–H groups in total. The Balaban J connectivity index is 1.98. The van der Waals surface area contributed by atoms with Crippen molar-refractivity contribution in [2.24, 2.45) is 14.1 Å². The molecule has 4 aromatic rings. The first-order valence-electron chi connectivity index (χ1n) is 10.3. The molecule has 0 saturated heterocycles. The molecule has 1 aliphatic heterocycles. The van der Waals surface area contributed by atoms with Crippen LogP contribution in [0, 0.1) is 6.92 Å². The van der Waals surface area contributed by atoms with Crippen molar-refractivity contribution >= 4 is 22.2 Å². The van der Waals surface area contributed by atoms with E-state index in [9.17, 15) is 9.59 Å². The molecule has 4 heterocycles. The van der Waals surface area contributed by atoms with Crippen LogP contribution in [0.3, 0.4) is 0 Å². The second-order valence-corrected chi connectivity index (χ2v) is 8.95. The molecule has 6 nitrogen and oxygen atoms in total. The zero-order valence-corrected chi connectivity index (χ0v) is 18.2. The summed E-state index contributed by atoms with van der Waals surface area (Å²) in [6.45, 7) is 2.83. The highest BCUT2D eigenvalue weighted by molar-refractivity contribution is 7.09. The van der Waals surface area contributed by atoms with Crippen LogP contribution < -0.4 is 11.2 Å². The normalized spacial score (nSPS) is 16.6. The number of hydrogen-bond acceptors (Lipinski definition) is 4. The average molecular weight is 421 g/mol. The van der Waals surface area contributed by atoms with Crippen molar-refractivity contribution in [2.45, 2.75) is 38.6 Å². The first kappa shape index (κ1) is 19.1. The molecule has 0 aliphatic carbocycles. The fourth-order valence-corrected chi connectivity index (χ4v) is 5.68. The predicted octanol–water partition coefficient (Wildman–Crippen LogP) is 3.79. The molecule has 0 amide bonds. The Bertz CT molecular complexity index is 1370. The molecule has 154 valence electrons. The van der Waals surface area contributed by atoms with Crippen molar-refractivity contribution in [2.75, 3.05) is 0 Å². The second-order valence-electron chi connectivity index (χ2n) is 8.06. The first-order valence-corrected chi connectivity index (χ1v) is 11.2. The highest BCUT2D eigenvalue weighted by atomic mass is 32.1. The van der Waals surface area contributed by atoms with Crippen LogP contribution >= 0.6 is 11.3 Å². The molecule has 0 unspecified atom stereocenters. The first-order chi connectivity index (χ1) is 14.5. The summed E-state index contributed by atoms with van der Waals surface area (Å²) in [7, 11) is 3.33. The molecule has 1 atom stereocenters. The van der Waals surface area contributed by atoms with Crippen molar-refractivity contribution in [3.8, 4) is 11.3 Å². The Kier molecular flexibility index (Phi) is 4.50. The molecule has 0 fully saturated rings. The third-order valence-electron chi connectivity index (χ3n) is 6.14. The van der Waals surface area contributed by atoms with Gasteiger partial charge in [0.1, 0.15) is 5.01 Å². The van der Waals surface area contributed by atoms with Gasteiger partial charge >= 0.3 is 5.69 Å². The Morgan fingerprint density at radius 3 is 2.53 bits per heavy atom. The lowest BCUT2D eigenvalue weighted by atomic mass is 9.99. The van der Waals surface area contributed by atoms with Crippen LogP contribution in [0.1, 0.15) is 41.6 Å². The lowest BCUT2D eigenvalue weighted by Crippen LogP contribution is -2.37. The molecule has 1 aliphatic rings. The van der Waals surface area contributed by atoms with E-state index in [1.165, 1.54) is 4.57 Å². The summed E-state index contributed by atoms with van der Waals surface area (Å²) in [5.74, 6) is 0.0730. The zero-order valence-electron chi connectivity index (χ0n) is 17.4. The van der Waals surface area contributed by atoms with E-state index in [1.54, 1.807) is 30.0 Å². The van der Waals surface area contributed by atoms with E-state index in [0.717, 1.165) is 59.0 Å². The van der Waals surface area contributed by atoms with Gasteiger partial charge < -0.3 is 4.57 Å². The molecule has 0 saturated carbocycles. The van der Waals surface area contributed by atoms with E-state index < -0.39 is 0 Å². The Labute approximate surface area is 178 Å². The number of thiazole rings is 1. The molecule has 0 spiro atoms. The van der Waals surface area contributed by atoms with Gasteiger partial charge in [-0.1, -0.05) is 36.8 Å². The quantitative estimate of drug-likeness (QED) is 0.496. The summed E-state index contributed by atoms with van der Waals surface area (Å²) >= 11 is 1.66. The number of fused-ring (bicyclic) bond motifs is 3. The smallest absolute Gasteiger partial charge is 0.331 e. The van der Waals surface area contributed by atoms with Gasteiger partial charge in [-0.3, -0.25) is 13.9 Å². The summed E-state index contributed by atoms with van der Waals surface area (Å²) < 4.78 is 5.15. The maximum Gasteiger partial charge on any atom is 0.331 e. The van der Waals surface area contributed by atoms with Crippen molar-refractivity contribution in [3.63, 3.8) is 0 Å². The molecular weight excluding hydrogens is 396 g/mol. The Morgan fingerprint density at radius 2 is 1.83 bits per heavy atom. The van der Waals surface area contributed by atoms with Gasteiger partial charge in [-0.25, -0.2) is 9.78 Å². The van der Waals surface area contributed by atoms with Crippen molar-refractivity contribution < 1.29 is 0 Å². The summed E-state index contributed by atoms with van der Waals surface area (Å²) in [4.78, 5) is 31.0. The van der Waals surface area contributed by atoms with Crippen LogP contribution in [0.4, 0.5) is 0 Å². The van der Waals surface area contributed by atoms with Crippen molar-refractivity contribution in [3.05, 3.63) is 72.9 Å². The SMILES string of the molecule is Cc1csc([C@H]2CCCCn3c(-c4ccccc4)c4c(=O)n(C)c(=O)n(C)c4c32)n1. The summed E-state index contributed by atoms with van der Waals surface area (Å²) in [5, 5.41) is 3.76. The minimum Gasteiger partial charge on any atom is -0.341 e. The Hall–Kier alpha value is -2.93. The van der Waals surface area contributed by atoms with Gasteiger partial charge in [-0.15, -0.1) is 11.3 Å². The van der Waals surface area contributed by atoms with E-state index in [4.69, 9.17) is 4.98 Å². The topological polar surface area (TPSA) is 61.8 Å². The Morgan fingerprint density at radius 1 is 1.07 bits per heavy atom. The van der Waals surface area contributed by atoms with Crippen LogP contribution in [-0.2, 0) is 20.6 Å². The average Bonchev–Trinajstić information content (AvgIpc) is 3.26. The minimum absolute atomic E-state index is 0.0730. The van der Waals surface area contributed by atoms with Gasteiger partial charge in [0.15, 0.2) is 0 Å². The van der Waals surface area contributed by atoms with Crippen LogP contribution in [0.25, 0.3) is 22.2 Å². The van der Waals surface area contributed by atoms with Crippen LogP contribution in [-0.4, -0.2) is 18.7 Å². The van der Waals surface area contributed by atoms with E-state index in [2.05, 4.69) is 9.95 Å². The van der Waals surface area contributed by atoms with Gasteiger partial charge in [-0.05, 0) is 25.3 Å². The fraction of sp³-hybridized carbons (Fsp3) is 0.348. The highest BCUT2D eigenvalue weighted by Gasteiger charge is 2.32. The third kappa shape index (κ3) is 2.72. The summed E-state index contributed by atoms with van der Waals surface area (Å²) in [6, 6.07) is 10.0. The number of benzene rings is 1. The number of nitrogens with zero attached hydrogens (tertiary/aromatic N) is 4. The summed E-state index contributed by atoms with van der Waals surface area (Å²) in [6.07, 6.45) is 3.08. The second kappa shape index (κ2) is 7.09. The lowest BCUT2D eigenvalue weighted by molar-refractivity contribution is 0.633. The van der Waals surface area contributed by atoms with Gasteiger partial charge in [0.25, 0.3) is 5.56 Å². The van der Waals surface area contributed by atoms with Gasteiger partial charge in [0, 0.05) is 31.7 Å². The van der Waals surface area contributed by atoms with Crippen LogP contribution in [0.2, 0.25) is 0 Å². The van der Waals surface area contributed by atoms with Crippen LogP contribution in [0.15, 0.2) is 45.3 Å². The van der Waals surface area contributed by atoms with Crippen LogP contribution in [0.5, 0.6) is 0 Å². The lowest BCUT2D eigenvalue weighted by Gasteiger charge is -2.16. The summed E-state index contributed by atoms with van der Waals surface area (Å²) in [5.41, 5.74) is 4.20. The number of rotatable bonds is 2. The zero-order chi connectivity index (χ0) is 21.0. The van der Waals surface area contributed by atoms with Crippen molar-refractivity contribution in [1.82, 2.24) is 18.7 Å². The highest BCUT2D eigenvalue weighted by Crippen LogP contribution is 2.42. The number of aryl methyl sites for hydroxylation is 2. The van der Waals surface area contributed by atoms with Gasteiger partial charge in [0.2, 0.25) is 0 Å². The largest absolute Gasteiger partial charge is 0.341 e. The number of hydrogen-bond donors (Lipinski definition) is 0. The van der Waals surface area contributed by atoms with E-state index >= 15 is 0 Å². The molecule has 0 bridgehead atoms. The van der Waals surface area contributed by atoms with Crippen molar-refractivity contribution in [1.29, 1.82) is 0 Å². The molecule has 7 heteroatoms. The molecule has 5 rings (SSSR count). The third-order valence-corrected chi connectivity index (χ3v) is 7.22. The van der Waals surface area contributed by atoms with E-state index in [-0.39, 0.29) is 17.2 Å². The standard InChI is InChI=1S/C23H24N4O2S/c1-14-13-30-21(24-14)16-11-7-8-12-27-18(15-9-5-4-6-10-15)17-20(19(16)27)25(2)23(29)26(3)22(17)28/h4-6,9-10,13,16H,7-8,11-12H2,1-3H3/t16-/m0/s1. The molecule has 0 radical (unpaired) electrons. The molecule has 1 aromatic carbocycles. The molecule has 3 aromatic heterocycles. The monoisotopic (exact) mass is 420 g/mol. The maximum absolute atomic E-state index is 13.4.